The molecule has 25 heavy (non-hydrogen) atoms. The first-order chi connectivity index (χ1) is 11.8. The first-order valence-corrected chi connectivity index (χ1v) is 7.99. The maximum absolute atomic E-state index is 13.4. The fraction of sp³-hybridized carbons (Fsp3) is 0.316. The van der Waals surface area contributed by atoms with Crippen LogP contribution in [0.1, 0.15) is 26.3 Å². The second-order valence-electron chi connectivity index (χ2n) is 6.60. The van der Waals surface area contributed by atoms with Gasteiger partial charge < -0.3 is 15.4 Å². The van der Waals surface area contributed by atoms with Crippen molar-refractivity contribution >= 4 is 11.7 Å². The summed E-state index contributed by atoms with van der Waals surface area (Å²) < 4.78 is 32.4. The van der Waals surface area contributed by atoms with E-state index in [9.17, 15) is 13.6 Å². The van der Waals surface area contributed by atoms with Crippen LogP contribution < -0.4 is 15.4 Å². The molecule has 0 saturated heterocycles. The molecule has 134 valence electrons. The molecule has 2 aromatic rings. The predicted molar refractivity (Wildman–Crippen MR) is 94.0 cm³/mol. The molecule has 0 aliphatic rings. The van der Waals surface area contributed by atoms with Gasteiger partial charge in [-0.3, -0.25) is 0 Å². The number of amides is 2. The molecule has 0 spiro atoms. The molecule has 0 bridgehead atoms. The molecule has 0 heterocycles. The van der Waals surface area contributed by atoms with E-state index in [0.717, 1.165) is 12.1 Å². The third kappa shape index (κ3) is 5.45. The van der Waals surface area contributed by atoms with Crippen LogP contribution in [0.15, 0.2) is 42.5 Å². The number of benzene rings is 2. The van der Waals surface area contributed by atoms with Gasteiger partial charge in [0.1, 0.15) is 29.7 Å². The van der Waals surface area contributed by atoms with E-state index in [-0.39, 0.29) is 18.6 Å². The van der Waals surface area contributed by atoms with E-state index in [1.807, 2.05) is 24.3 Å². The Kier molecular flexibility index (Phi) is 5.96. The highest BCUT2D eigenvalue weighted by molar-refractivity contribution is 5.89. The van der Waals surface area contributed by atoms with E-state index in [4.69, 9.17) is 4.74 Å². The minimum atomic E-state index is -0.828. The van der Waals surface area contributed by atoms with E-state index in [1.165, 1.54) is 11.6 Å². The Morgan fingerprint density at radius 3 is 2.20 bits per heavy atom. The molecule has 0 saturated carbocycles. The van der Waals surface area contributed by atoms with Crippen LogP contribution in [0, 0.1) is 11.6 Å². The highest BCUT2D eigenvalue weighted by Crippen LogP contribution is 2.24. The van der Waals surface area contributed by atoms with E-state index in [2.05, 4.69) is 31.4 Å². The number of hydrogen-bond donors (Lipinski definition) is 2. The summed E-state index contributed by atoms with van der Waals surface area (Å²) in [6.45, 7) is 6.82. The van der Waals surface area contributed by atoms with Crippen LogP contribution in [0.5, 0.6) is 5.75 Å². The predicted octanol–water partition coefficient (Wildman–Crippen LogP) is 4.46. The van der Waals surface area contributed by atoms with Gasteiger partial charge in [-0.25, -0.2) is 13.6 Å². The molecule has 4 nitrogen and oxygen atoms in total. The number of ether oxygens (including phenoxy) is 1. The number of nitrogens with one attached hydrogen (secondary N) is 2. The van der Waals surface area contributed by atoms with Crippen LogP contribution in [0.3, 0.4) is 0 Å². The Morgan fingerprint density at radius 1 is 1.04 bits per heavy atom. The van der Waals surface area contributed by atoms with Crippen LogP contribution in [0.4, 0.5) is 19.3 Å². The largest absolute Gasteiger partial charge is 0.492 e. The van der Waals surface area contributed by atoms with Crippen molar-refractivity contribution in [2.45, 2.75) is 26.2 Å². The molecule has 2 amide bonds. The highest BCUT2D eigenvalue weighted by atomic mass is 19.1. The van der Waals surface area contributed by atoms with Crippen molar-refractivity contribution in [1.82, 2.24) is 5.32 Å². The lowest BCUT2D eigenvalue weighted by molar-refractivity contribution is 0.247. The third-order valence-corrected chi connectivity index (χ3v) is 3.58. The molecule has 0 atom stereocenters. The SMILES string of the molecule is CC(C)(C)c1ccc(OCCNC(=O)Nc2c(F)cccc2F)cc1. The Balaban J connectivity index is 1.76. The number of para-hydroxylation sites is 1. The van der Waals surface area contributed by atoms with Gasteiger partial charge in [-0.15, -0.1) is 0 Å². The van der Waals surface area contributed by atoms with Crippen molar-refractivity contribution < 1.29 is 18.3 Å². The number of halogens is 2. The van der Waals surface area contributed by atoms with Gasteiger partial charge in [-0.05, 0) is 35.2 Å². The zero-order valence-electron chi connectivity index (χ0n) is 14.5. The smallest absolute Gasteiger partial charge is 0.319 e. The number of rotatable bonds is 5. The zero-order valence-corrected chi connectivity index (χ0v) is 14.5. The average Bonchev–Trinajstić information content (AvgIpc) is 2.55. The molecule has 2 N–H and O–H groups in total. The lowest BCUT2D eigenvalue weighted by Crippen LogP contribution is -2.32. The van der Waals surface area contributed by atoms with Crippen molar-refractivity contribution in [1.29, 1.82) is 0 Å². The Labute approximate surface area is 146 Å². The van der Waals surface area contributed by atoms with Gasteiger partial charge in [0, 0.05) is 0 Å². The number of urea groups is 1. The first-order valence-electron chi connectivity index (χ1n) is 7.99. The first kappa shape index (κ1) is 18.7. The van der Waals surface area contributed by atoms with Gasteiger partial charge in [0.05, 0.1) is 6.54 Å². The molecule has 0 fully saturated rings. The minimum absolute atomic E-state index is 0.0696. The van der Waals surface area contributed by atoms with E-state index in [1.54, 1.807) is 0 Å². The maximum Gasteiger partial charge on any atom is 0.319 e. The monoisotopic (exact) mass is 348 g/mol. The van der Waals surface area contributed by atoms with Crippen molar-refractivity contribution in [2.24, 2.45) is 0 Å². The quantitative estimate of drug-likeness (QED) is 0.784. The molecule has 0 aromatic heterocycles. The summed E-state index contributed by atoms with van der Waals surface area (Å²) in [4.78, 5) is 11.7. The highest BCUT2D eigenvalue weighted by Gasteiger charge is 2.13. The second-order valence-corrected chi connectivity index (χ2v) is 6.60. The molecule has 0 unspecified atom stereocenters. The minimum Gasteiger partial charge on any atom is -0.492 e. The van der Waals surface area contributed by atoms with Crippen LogP contribution in [0.25, 0.3) is 0 Å². The van der Waals surface area contributed by atoms with Crippen LogP contribution in [-0.4, -0.2) is 19.2 Å². The summed E-state index contributed by atoms with van der Waals surface area (Å²) in [5.41, 5.74) is 0.795. The van der Waals surface area contributed by atoms with Gasteiger partial charge in [0.25, 0.3) is 0 Å². The Morgan fingerprint density at radius 2 is 1.64 bits per heavy atom. The molecule has 2 rings (SSSR count). The molecular formula is C19H22F2N2O2. The van der Waals surface area contributed by atoms with Gasteiger partial charge in [0.2, 0.25) is 0 Å². The van der Waals surface area contributed by atoms with Gasteiger partial charge in [-0.1, -0.05) is 39.0 Å². The van der Waals surface area contributed by atoms with Crippen molar-refractivity contribution in [3.8, 4) is 5.75 Å². The van der Waals surface area contributed by atoms with Gasteiger partial charge >= 0.3 is 6.03 Å². The second kappa shape index (κ2) is 7.96. The normalized spacial score (nSPS) is 11.1. The van der Waals surface area contributed by atoms with Gasteiger partial charge in [0.15, 0.2) is 0 Å². The summed E-state index contributed by atoms with van der Waals surface area (Å²) in [7, 11) is 0. The Hall–Kier alpha value is -2.63. The lowest BCUT2D eigenvalue weighted by atomic mass is 9.87. The lowest BCUT2D eigenvalue weighted by Gasteiger charge is -2.19. The summed E-state index contributed by atoms with van der Waals surface area (Å²) in [6, 6.07) is 10.4. The molecule has 0 aliphatic heterocycles. The maximum atomic E-state index is 13.4. The summed E-state index contributed by atoms with van der Waals surface area (Å²) in [6.07, 6.45) is 0. The standard InChI is InChI=1S/C19H22F2N2O2/c1-19(2,3)13-7-9-14(10-8-13)25-12-11-22-18(24)23-17-15(20)5-4-6-16(17)21/h4-10H,11-12H2,1-3H3,(H2,22,23,24). The third-order valence-electron chi connectivity index (χ3n) is 3.58. The number of carbonyl (C=O) groups is 1. The van der Waals surface area contributed by atoms with Crippen LogP contribution in [-0.2, 0) is 5.41 Å². The fourth-order valence-corrected chi connectivity index (χ4v) is 2.16. The van der Waals surface area contributed by atoms with Crippen LogP contribution >= 0.6 is 0 Å². The molecule has 2 aromatic carbocycles. The van der Waals surface area contributed by atoms with Gasteiger partial charge in [-0.2, -0.15) is 0 Å². The summed E-state index contributed by atoms with van der Waals surface area (Å²) in [5.74, 6) is -0.967. The van der Waals surface area contributed by atoms with E-state index < -0.39 is 23.4 Å². The fourth-order valence-electron chi connectivity index (χ4n) is 2.16. The molecular weight excluding hydrogens is 326 g/mol. The van der Waals surface area contributed by atoms with Crippen molar-refractivity contribution in [2.75, 3.05) is 18.5 Å². The average molecular weight is 348 g/mol. The molecule has 6 heteroatoms. The summed E-state index contributed by atoms with van der Waals surface area (Å²) in [5, 5.41) is 4.63. The van der Waals surface area contributed by atoms with E-state index >= 15 is 0 Å². The van der Waals surface area contributed by atoms with E-state index in [0.29, 0.717) is 5.75 Å². The van der Waals surface area contributed by atoms with Crippen LogP contribution in [0.2, 0.25) is 0 Å². The molecule has 0 aliphatic carbocycles. The van der Waals surface area contributed by atoms with Crippen molar-refractivity contribution in [3.05, 3.63) is 59.7 Å². The topological polar surface area (TPSA) is 50.4 Å². The summed E-state index contributed by atoms with van der Waals surface area (Å²) >= 11 is 0. The number of hydrogen-bond acceptors (Lipinski definition) is 2. The number of anilines is 1. The molecule has 0 radical (unpaired) electrons. The van der Waals surface area contributed by atoms with Crippen molar-refractivity contribution in [3.63, 3.8) is 0 Å². The Bertz CT molecular complexity index is 705. The number of carbonyl (C=O) groups excluding carboxylic acids is 1. The zero-order chi connectivity index (χ0) is 18.4.